The Kier molecular flexibility index (Phi) is 4.46. The summed E-state index contributed by atoms with van der Waals surface area (Å²) in [6.45, 7) is 0. The van der Waals surface area contributed by atoms with E-state index >= 15 is 0 Å². The Hall–Kier alpha value is -2.51. The Morgan fingerprint density at radius 2 is 1.71 bits per heavy atom. The van der Waals surface area contributed by atoms with Crippen LogP contribution in [0.4, 0.5) is 0 Å². The first-order chi connectivity index (χ1) is 10.1. The van der Waals surface area contributed by atoms with Gasteiger partial charge in [-0.2, -0.15) is 0 Å². The fourth-order valence-electron chi connectivity index (χ4n) is 1.79. The van der Waals surface area contributed by atoms with E-state index in [2.05, 4.69) is 5.92 Å². The van der Waals surface area contributed by atoms with Gasteiger partial charge in [-0.05, 0) is 29.8 Å². The summed E-state index contributed by atoms with van der Waals surface area (Å²) in [6.07, 6.45) is 5.45. The number of allylic oxidation sites excluding steroid dienone is 1. The van der Waals surface area contributed by atoms with Crippen LogP contribution >= 0.6 is 0 Å². The summed E-state index contributed by atoms with van der Waals surface area (Å²) in [6, 6.07) is 15.1. The maximum absolute atomic E-state index is 12.3. The highest BCUT2D eigenvalue weighted by atomic mass is 32.2. The average Bonchev–Trinajstić information content (AvgIpc) is 2.53. The zero-order chi connectivity index (χ0) is 15.3. The molecule has 0 atom stereocenters. The maximum Gasteiger partial charge on any atom is 0.201 e. The lowest BCUT2D eigenvalue weighted by molar-refractivity contribution is 0.415. The Morgan fingerprint density at radius 3 is 2.24 bits per heavy atom. The van der Waals surface area contributed by atoms with Crippen LogP contribution in [0.3, 0.4) is 0 Å². The topological polar surface area (TPSA) is 43.4 Å². The lowest BCUT2D eigenvalue weighted by Gasteiger charge is -2.04. The summed E-state index contributed by atoms with van der Waals surface area (Å²) in [5.74, 6) is 3.10. The van der Waals surface area contributed by atoms with Gasteiger partial charge < -0.3 is 4.74 Å². The van der Waals surface area contributed by atoms with Gasteiger partial charge in [0.15, 0.2) is 0 Å². The molecule has 0 aliphatic rings. The van der Waals surface area contributed by atoms with Crippen molar-refractivity contribution in [3.63, 3.8) is 0 Å². The first-order valence-electron chi connectivity index (χ1n) is 6.19. The number of hydrogen-bond donors (Lipinski definition) is 0. The van der Waals surface area contributed by atoms with Crippen LogP contribution < -0.4 is 4.74 Å². The molecule has 0 unspecified atom stereocenters. The van der Waals surface area contributed by atoms with Crippen LogP contribution in [0.5, 0.6) is 5.75 Å². The molecule has 0 aliphatic heterocycles. The highest BCUT2D eigenvalue weighted by molar-refractivity contribution is 7.94. The third-order valence-corrected chi connectivity index (χ3v) is 4.38. The molecular formula is C17H14O3S. The van der Waals surface area contributed by atoms with Crippen molar-refractivity contribution in [1.82, 2.24) is 0 Å². The van der Waals surface area contributed by atoms with Crippen LogP contribution in [-0.2, 0) is 9.84 Å². The fraction of sp³-hybridized carbons (Fsp3) is 0.0588. The summed E-state index contributed by atoms with van der Waals surface area (Å²) >= 11 is 0. The molecule has 0 aliphatic carbocycles. The smallest absolute Gasteiger partial charge is 0.201 e. The summed E-state index contributed by atoms with van der Waals surface area (Å²) < 4.78 is 29.7. The molecule has 0 aromatic heterocycles. The highest BCUT2D eigenvalue weighted by Crippen LogP contribution is 2.21. The van der Waals surface area contributed by atoms with Gasteiger partial charge in [0.1, 0.15) is 5.75 Å². The van der Waals surface area contributed by atoms with Gasteiger partial charge in [0, 0.05) is 5.57 Å². The molecule has 2 rings (SSSR count). The molecule has 0 radical (unpaired) electrons. The average molecular weight is 298 g/mol. The van der Waals surface area contributed by atoms with E-state index in [1.807, 2.05) is 0 Å². The number of sulfone groups is 1. The number of methoxy groups -OCH3 is 1. The number of terminal acetylenes is 1. The van der Waals surface area contributed by atoms with Crippen LogP contribution in [0.15, 0.2) is 64.9 Å². The standard InChI is InChI=1S/C17H14O3S/c1-3-14(15-9-11-16(20-2)12-10-15)13-21(18,19)17-7-5-4-6-8-17/h1,4-13H,2H3/b14-13+. The Morgan fingerprint density at radius 1 is 1.10 bits per heavy atom. The van der Waals surface area contributed by atoms with Gasteiger partial charge in [-0.3, -0.25) is 0 Å². The van der Waals surface area contributed by atoms with Gasteiger partial charge in [0.25, 0.3) is 0 Å². The quantitative estimate of drug-likeness (QED) is 0.814. The molecule has 0 amide bonds. The molecular weight excluding hydrogens is 284 g/mol. The number of ether oxygens (including phenoxy) is 1. The minimum absolute atomic E-state index is 0.214. The van der Waals surface area contributed by atoms with Gasteiger partial charge in [0.05, 0.1) is 17.4 Å². The maximum atomic E-state index is 12.3. The molecule has 2 aromatic carbocycles. The summed E-state index contributed by atoms with van der Waals surface area (Å²) in [7, 11) is -2.01. The molecule has 0 saturated carbocycles. The van der Waals surface area contributed by atoms with E-state index in [-0.39, 0.29) is 4.90 Å². The van der Waals surface area contributed by atoms with Crippen LogP contribution in [0.25, 0.3) is 5.57 Å². The van der Waals surface area contributed by atoms with Crippen molar-refractivity contribution >= 4 is 15.4 Å². The second kappa shape index (κ2) is 6.29. The zero-order valence-corrected chi connectivity index (χ0v) is 12.3. The predicted molar refractivity (Wildman–Crippen MR) is 83.4 cm³/mol. The predicted octanol–water partition coefficient (Wildman–Crippen LogP) is 3.14. The van der Waals surface area contributed by atoms with Gasteiger partial charge in [-0.1, -0.05) is 36.3 Å². The van der Waals surface area contributed by atoms with E-state index in [0.717, 1.165) is 5.41 Å². The van der Waals surface area contributed by atoms with Crippen LogP contribution in [0.1, 0.15) is 5.56 Å². The molecule has 21 heavy (non-hydrogen) atoms. The van der Waals surface area contributed by atoms with Crippen LogP contribution in [0, 0.1) is 12.3 Å². The molecule has 0 bridgehead atoms. The molecule has 0 heterocycles. The minimum Gasteiger partial charge on any atom is -0.497 e. The molecule has 0 saturated heterocycles. The number of hydrogen-bond acceptors (Lipinski definition) is 3. The van der Waals surface area contributed by atoms with Crippen molar-refractivity contribution in [3.05, 3.63) is 65.6 Å². The lowest BCUT2D eigenvalue weighted by Crippen LogP contribution is -1.97. The summed E-state index contributed by atoms with van der Waals surface area (Å²) in [5.41, 5.74) is 0.958. The van der Waals surface area contributed by atoms with E-state index < -0.39 is 9.84 Å². The third kappa shape index (κ3) is 3.53. The largest absolute Gasteiger partial charge is 0.497 e. The molecule has 3 nitrogen and oxygen atoms in total. The molecule has 2 aromatic rings. The van der Waals surface area contributed by atoms with Gasteiger partial charge in [-0.15, -0.1) is 6.42 Å². The SMILES string of the molecule is C#C/C(=C\S(=O)(=O)c1ccccc1)c1ccc(OC)cc1. The van der Waals surface area contributed by atoms with E-state index in [4.69, 9.17) is 11.2 Å². The Labute approximate surface area is 124 Å². The molecule has 0 spiro atoms. The molecule has 4 heteroatoms. The second-order valence-corrected chi connectivity index (χ2v) is 6.06. The summed E-state index contributed by atoms with van der Waals surface area (Å²) in [4.78, 5) is 0.214. The van der Waals surface area contributed by atoms with E-state index in [1.165, 1.54) is 12.1 Å². The van der Waals surface area contributed by atoms with Crippen molar-refractivity contribution in [2.45, 2.75) is 4.90 Å². The first-order valence-corrected chi connectivity index (χ1v) is 7.74. The van der Waals surface area contributed by atoms with E-state index in [9.17, 15) is 8.42 Å². The lowest BCUT2D eigenvalue weighted by atomic mass is 10.1. The molecule has 0 N–H and O–H groups in total. The van der Waals surface area contributed by atoms with Crippen molar-refractivity contribution < 1.29 is 13.2 Å². The van der Waals surface area contributed by atoms with Gasteiger partial charge in [0.2, 0.25) is 9.84 Å². The highest BCUT2D eigenvalue weighted by Gasteiger charge is 2.12. The first kappa shape index (κ1) is 14.9. The Bertz CT molecular complexity index is 780. The van der Waals surface area contributed by atoms with Crippen LogP contribution in [0.2, 0.25) is 0 Å². The Balaban J connectivity index is 2.43. The van der Waals surface area contributed by atoms with Gasteiger partial charge >= 0.3 is 0 Å². The van der Waals surface area contributed by atoms with E-state index in [0.29, 0.717) is 16.9 Å². The minimum atomic E-state index is -3.57. The monoisotopic (exact) mass is 298 g/mol. The van der Waals surface area contributed by atoms with Crippen molar-refractivity contribution in [2.75, 3.05) is 7.11 Å². The molecule has 0 fully saturated rings. The molecule has 106 valence electrons. The van der Waals surface area contributed by atoms with Crippen molar-refractivity contribution in [3.8, 4) is 18.1 Å². The third-order valence-electron chi connectivity index (χ3n) is 2.90. The van der Waals surface area contributed by atoms with Crippen molar-refractivity contribution in [2.24, 2.45) is 0 Å². The second-order valence-electron chi connectivity index (χ2n) is 4.26. The number of rotatable bonds is 4. The zero-order valence-electron chi connectivity index (χ0n) is 11.5. The fourth-order valence-corrected chi connectivity index (χ4v) is 2.98. The number of benzene rings is 2. The van der Waals surface area contributed by atoms with Gasteiger partial charge in [-0.25, -0.2) is 8.42 Å². The summed E-state index contributed by atoms with van der Waals surface area (Å²) in [5, 5.41) is 1.12. The van der Waals surface area contributed by atoms with Crippen molar-refractivity contribution in [1.29, 1.82) is 0 Å². The normalized spacial score (nSPS) is 11.7. The van der Waals surface area contributed by atoms with E-state index in [1.54, 1.807) is 49.6 Å². The van der Waals surface area contributed by atoms with Crippen LogP contribution in [-0.4, -0.2) is 15.5 Å².